The summed E-state index contributed by atoms with van der Waals surface area (Å²) in [6.45, 7) is 8.36. The van der Waals surface area contributed by atoms with Gasteiger partial charge in [-0.05, 0) is 60.0 Å². The molecule has 0 aliphatic rings. The summed E-state index contributed by atoms with van der Waals surface area (Å²) in [7, 11) is 1.70. The van der Waals surface area contributed by atoms with E-state index in [-0.39, 0.29) is 11.9 Å². The molecule has 1 aromatic carbocycles. The van der Waals surface area contributed by atoms with E-state index in [0.717, 1.165) is 21.8 Å². The van der Waals surface area contributed by atoms with Crippen molar-refractivity contribution in [3.63, 3.8) is 0 Å². The van der Waals surface area contributed by atoms with E-state index in [0.29, 0.717) is 5.92 Å². The number of nitrogens with one attached hydrogen (secondary N) is 1. The highest BCUT2D eigenvalue weighted by Crippen LogP contribution is 2.32. The molecule has 1 N–H and O–H groups in total. The van der Waals surface area contributed by atoms with E-state index in [4.69, 9.17) is 4.74 Å². The second-order valence-electron chi connectivity index (χ2n) is 5.78. The third kappa shape index (κ3) is 3.50. The third-order valence-electron chi connectivity index (χ3n) is 3.80. The summed E-state index contributed by atoms with van der Waals surface area (Å²) in [5.41, 5.74) is 3.43. The van der Waals surface area contributed by atoms with Crippen LogP contribution in [0, 0.1) is 6.92 Å². The molecule has 0 saturated heterocycles. The summed E-state index contributed by atoms with van der Waals surface area (Å²) in [6.07, 6.45) is 0. The first-order valence-electron chi connectivity index (χ1n) is 7.46. The zero-order valence-corrected chi connectivity index (χ0v) is 14.6. The lowest BCUT2D eigenvalue weighted by atomic mass is 9.93. The molecule has 1 heterocycles. The van der Waals surface area contributed by atoms with Gasteiger partial charge in [0.25, 0.3) is 5.91 Å². The van der Waals surface area contributed by atoms with Crippen LogP contribution in [0.1, 0.15) is 59.1 Å². The Morgan fingerprint density at radius 1 is 1.23 bits per heavy atom. The first-order valence-corrected chi connectivity index (χ1v) is 8.34. The van der Waals surface area contributed by atoms with Crippen molar-refractivity contribution in [2.45, 2.75) is 39.7 Å². The minimum absolute atomic E-state index is 0.0242. The summed E-state index contributed by atoms with van der Waals surface area (Å²) in [5, 5.41) is 4.99. The minimum atomic E-state index is -0.0435. The second kappa shape index (κ2) is 6.97. The van der Waals surface area contributed by atoms with Crippen LogP contribution in [0.4, 0.5) is 0 Å². The lowest BCUT2D eigenvalue weighted by Crippen LogP contribution is -2.26. The monoisotopic (exact) mass is 317 g/mol. The average Bonchev–Trinajstić information content (AvgIpc) is 3.00. The summed E-state index contributed by atoms with van der Waals surface area (Å²) >= 11 is 1.45. The highest BCUT2D eigenvalue weighted by atomic mass is 32.1. The highest BCUT2D eigenvalue weighted by molar-refractivity contribution is 7.12. The van der Waals surface area contributed by atoms with Gasteiger partial charge in [-0.2, -0.15) is 0 Å². The first-order chi connectivity index (χ1) is 10.4. The van der Waals surface area contributed by atoms with E-state index in [1.807, 2.05) is 24.4 Å². The van der Waals surface area contributed by atoms with Gasteiger partial charge in [0.05, 0.1) is 18.0 Å². The average molecular weight is 317 g/mol. The molecule has 2 aromatic rings. The smallest absolute Gasteiger partial charge is 0.261 e. The molecule has 1 amide bonds. The Morgan fingerprint density at radius 2 is 1.95 bits per heavy atom. The lowest BCUT2D eigenvalue weighted by molar-refractivity contribution is 0.0944. The Kier molecular flexibility index (Phi) is 5.24. The van der Waals surface area contributed by atoms with Gasteiger partial charge in [0.1, 0.15) is 5.75 Å². The van der Waals surface area contributed by atoms with Crippen LogP contribution in [0.2, 0.25) is 0 Å². The molecule has 0 bridgehead atoms. The number of amides is 1. The molecule has 0 aliphatic heterocycles. The highest BCUT2D eigenvalue weighted by Gasteiger charge is 2.17. The lowest BCUT2D eigenvalue weighted by Gasteiger charge is -2.20. The molecule has 0 unspecified atom stereocenters. The van der Waals surface area contributed by atoms with Gasteiger partial charge in [-0.3, -0.25) is 4.79 Å². The Labute approximate surface area is 136 Å². The number of carbonyl (C=O) groups excluding carboxylic acids is 1. The van der Waals surface area contributed by atoms with Crippen molar-refractivity contribution in [2.75, 3.05) is 7.11 Å². The molecule has 118 valence electrons. The van der Waals surface area contributed by atoms with E-state index in [2.05, 4.69) is 38.2 Å². The zero-order valence-electron chi connectivity index (χ0n) is 13.8. The van der Waals surface area contributed by atoms with E-state index in [1.165, 1.54) is 16.9 Å². The molecule has 0 aliphatic carbocycles. The predicted octanol–water partition coefficient (Wildman–Crippen LogP) is 4.68. The number of hydrogen-bond donors (Lipinski definition) is 1. The number of rotatable bonds is 5. The maximum Gasteiger partial charge on any atom is 0.261 e. The number of ether oxygens (including phenoxy) is 1. The third-order valence-corrected chi connectivity index (χ3v) is 4.67. The van der Waals surface area contributed by atoms with E-state index in [9.17, 15) is 4.79 Å². The molecule has 0 fully saturated rings. The fourth-order valence-corrected chi connectivity index (χ4v) is 3.19. The predicted molar refractivity (Wildman–Crippen MR) is 92.0 cm³/mol. The van der Waals surface area contributed by atoms with Crippen molar-refractivity contribution in [3.05, 3.63) is 51.2 Å². The van der Waals surface area contributed by atoms with Gasteiger partial charge in [-0.15, -0.1) is 11.3 Å². The quantitative estimate of drug-likeness (QED) is 0.869. The Balaban J connectivity index is 2.27. The number of carbonyl (C=O) groups is 1. The second-order valence-corrected chi connectivity index (χ2v) is 6.73. The SMILES string of the molecule is COc1cc(C)c([C@H](C)NC(=O)c2cccs2)cc1C(C)C. The van der Waals surface area contributed by atoms with Crippen LogP contribution in [0.25, 0.3) is 0 Å². The molecule has 22 heavy (non-hydrogen) atoms. The van der Waals surface area contributed by atoms with Crippen molar-refractivity contribution in [1.82, 2.24) is 5.32 Å². The topological polar surface area (TPSA) is 38.3 Å². The Hall–Kier alpha value is -1.81. The van der Waals surface area contributed by atoms with Gasteiger partial charge in [-0.1, -0.05) is 19.9 Å². The van der Waals surface area contributed by atoms with Crippen molar-refractivity contribution >= 4 is 17.2 Å². The van der Waals surface area contributed by atoms with Crippen LogP contribution in [0.5, 0.6) is 5.75 Å². The molecular formula is C18H23NO2S. The molecule has 1 aromatic heterocycles. The number of methoxy groups -OCH3 is 1. The van der Waals surface area contributed by atoms with Gasteiger partial charge >= 0.3 is 0 Å². The van der Waals surface area contributed by atoms with Gasteiger partial charge in [0.15, 0.2) is 0 Å². The van der Waals surface area contributed by atoms with Crippen molar-refractivity contribution < 1.29 is 9.53 Å². The Morgan fingerprint density at radius 3 is 2.50 bits per heavy atom. The number of thiophene rings is 1. The van der Waals surface area contributed by atoms with Crippen molar-refractivity contribution in [3.8, 4) is 5.75 Å². The molecule has 3 nitrogen and oxygen atoms in total. The minimum Gasteiger partial charge on any atom is -0.496 e. The molecule has 0 spiro atoms. The fourth-order valence-electron chi connectivity index (χ4n) is 2.56. The normalized spacial score (nSPS) is 12.3. The number of hydrogen-bond acceptors (Lipinski definition) is 3. The van der Waals surface area contributed by atoms with Crippen molar-refractivity contribution in [2.24, 2.45) is 0 Å². The Bertz CT molecular complexity index is 647. The van der Waals surface area contributed by atoms with E-state index < -0.39 is 0 Å². The zero-order chi connectivity index (χ0) is 16.3. The van der Waals surface area contributed by atoms with E-state index in [1.54, 1.807) is 7.11 Å². The fraction of sp³-hybridized carbons (Fsp3) is 0.389. The van der Waals surface area contributed by atoms with Crippen molar-refractivity contribution in [1.29, 1.82) is 0 Å². The molecule has 2 rings (SSSR count). The maximum atomic E-state index is 12.2. The molecule has 4 heteroatoms. The van der Waals surface area contributed by atoms with Crippen LogP contribution in [0.3, 0.4) is 0 Å². The molecule has 0 saturated carbocycles. The number of aryl methyl sites for hydroxylation is 1. The van der Waals surface area contributed by atoms with Crippen LogP contribution in [-0.2, 0) is 0 Å². The van der Waals surface area contributed by atoms with Gasteiger partial charge < -0.3 is 10.1 Å². The first kappa shape index (κ1) is 16.6. The van der Waals surface area contributed by atoms with Crippen LogP contribution >= 0.6 is 11.3 Å². The molecule has 1 atom stereocenters. The standard InChI is InChI=1S/C18H23NO2S/c1-11(2)14-10-15(12(3)9-16(14)21-5)13(4)19-18(20)17-7-6-8-22-17/h6-11,13H,1-5H3,(H,19,20)/t13-/m0/s1. The van der Waals surface area contributed by atoms with Crippen LogP contribution < -0.4 is 10.1 Å². The van der Waals surface area contributed by atoms with Gasteiger partial charge in [0, 0.05) is 0 Å². The summed E-state index contributed by atoms with van der Waals surface area (Å²) < 4.78 is 5.48. The number of benzene rings is 1. The van der Waals surface area contributed by atoms with Gasteiger partial charge in [-0.25, -0.2) is 0 Å². The van der Waals surface area contributed by atoms with E-state index >= 15 is 0 Å². The largest absolute Gasteiger partial charge is 0.496 e. The molecular weight excluding hydrogens is 294 g/mol. The maximum absolute atomic E-state index is 12.2. The summed E-state index contributed by atoms with van der Waals surface area (Å²) in [6, 6.07) is 7.89. The van der Waals surface area contributed by atoms with Crippen LogP contribution in [0.15, 0.2) is 29.6 Å². The molecule has 0 radical (unpaired) electrons. The van der Waals surface area contributed by atoms with Gasteiger partial charge in [0.2, 0.25) is 0 Å². The van der Waals surface area contributed by atoms with Crippen LogP contribution in [-0.4, -0.2) is 13.0 Å². The summed E-state index contributed by atoms with van der Waals surface area (Å²) in [4.78, 5) is 13.0. The summed E-state index contributed by atoms with van der Waals surface area (Å²) in [5.74, 6) is 1.26.